The highest BCUT2D eigenvalue weighted by Gasteiger charge is 2.45. The van der Waals surface area contributed by atoms with Crippen molar-refractivity contribution in [3.63, 3.8) is 0 Å². The maximum atomic E-state index is 12.4. The minimum Gasteiger partial charge on any atom is -0.481 e. The quantitative estimate of drug-likeness (QED) is 0.870. The van der Waals surface area contributed by atoms with Crippen LogP contribution in [-0.4, -0.2) is 40.1 Å². The minimum atomic E-state index is -1.04. The Labute approximate surface area is 159 Å². The van der Waals surface area contributed by atoms with Gasteiger partial charge in [0.15, 0.2) is 0 Å². The van der Waals surface area contributed by atoms with Gasteiger partial charge in [-0.2, -0.15) is 0 Å². The first-order valence-corrected chi connectivity index (χ1v) is 9.35. The van der Waals surface area contributed by atoms with Crippen LogP contribution in [0.15, 0.2) is 34.9 Å². The smallest absolute Gasteiger partial charge is 0.311 e. The first kappa shape index (κ1) is 19.1. The van der Waals surface area contributed by atoms with Gasteiger partial charge in [-0.05, 0) is 25.8 Å². The van der Waals surface area contributed by atoms with Gasteiger partial charge >= 0.3 is 5.97 Å². The van der Waals surface area contributed by atoms with Crippen molar-refractivity contribution in [2.45, 2.75) is 40.0 Å². The lowest BCUT2D eigenvalue weighted by Crippen LogP contribution is -2.51. The summed E-state index contributed by atoms with van der Waals surface area (Å²) in [4.78, 5) is 26.2. The first-order valence-electron chi connectivity index (χ1n) is 9.35. The number of hydrogen-bond donors (Lipinski definition) is 1. The average Bonchev–Trinajstić information content (AvgIpc) is 3.09. The summed E-state index contributed by atoms with van der Waals surface area (Å²) in [5.41, 5.74) is 1.72. The zero-order valence-corrected chi connectivity index (χ0v) is 16.1. The fourth-order valence-corrected chi connectivity index (χ4v) is 3.75. The molecule has 1 N–H and O–H groups in total. The molecule has 2 aromatic rings. The summed E-state index contributed by atoms with van der Waals surface area (Å²) < 4.78 is 5.46. The van der Waals surface area contributed by atoms with Gasteiger partial charge in [0.1, 0.15) is 11.5 Å². The predicted molar refractivity (Wildman–Crippen MR) is 101 cm³/mol. The molecule has 0 bridgehead atoms. The second-order valence-electron chi connectivity index (χ2n) is 7.83. The van der Waals surface area contributed by atoms with Gasteiger partial charge in [-0.1, -0.05) is 42.8 Å². The Kier molecular flexibility index (Phi) is 5.35. The van der Waals surface area contributed by atoms with Crippen molar-refractivity contribution in [2.75, 3.05) is 13.1 Å². The number of aromatic nitrogens is 1. The number of carbonyl (C=O) groups excluding carboxylic acids is 1. The molecule has 1 aliphatic rings. The molecule has 1 amide bonds. The molecule has 1 atom stereocenters. The van der Waals surface area contributed by atoms with Crippen LogP contribution in [0.25, 0.3) is 11.3 Å². The Hall–Kier alpha value is -2.63. The van der Waals surface area contributed by atoms with E-state index in [1.165, 1.54) is 0 Å². The van der Waals surface area contributed by atoms with Gasteiger partial charge in [0.05, 0.1) is 5.41 Å². The summed E-state index contributed by atoms with van der Waals surface area (Å²) in [6, 6.07) is 9.73. The molecule has 1 aromatic carbocycles. The third-order valence-corrected chi connectivity index (χ3v) is 5.22. The van der Waals surface area contributed by atoms with Gasteiger partial charge in [-0.3, -0.25) is 9.59 Å². The van der Waals surface area contributed by atoms with Crippen molar-refractivity contribution in [3.05, 3.63) is 41.7 Å². The van der Waals surface area contributed by atoms with Crippen LogP contribution in [0.1, 0.15) is 38.0 Å². The fourth-order valence-electron chi connectivity index (χ4n) is 3.75. The summed E-state index contributed by atoms with van der Waals surface area (Å²) in [6.45, 7) is 6.50. The van der Waals surface area contributed by atoms with Gasteiger partial charge in [0.25, 0.3) is 0 Å². The largest absolute Gasteiger partial charge is 0.481 e. The first-order chi connectivity index (χ1) is 12.8. The molecule has 1 fully saturated rings. The normalized spacial score (nSPS) is 20.1. The zero-order chi connectivity index (χ0) is 19.6. The zero-order valence-electron chi connectivity index (χ0n) is 16.1. The maximum absolute atomic E-state index is 12.4. The number of carbonyl (C=O) groups is 2. The number of carboxylic acid groups (broad SMARTS) is 1. The van der Waals surface area contributed by atoms with Gasteiger partial charge < -0.3 is 14.5 Å². The Morgan fingerprint density at radius 1 is 1.33 bits per heavy atom. The van der Waals surface area contributed by atoms with E-state index in [1.807, 2.05) is 51.1 Å². The lowest BCUT2D eigenvalue weighted by atomic mass is 9.76. The van der Waals surface area contributed by atoms with E-state index < -0.39 is 11.4 Å². The van der Waals surface area contributed by atoms with Crippen molar-refractivity contribution in [3.8, 4) is 11.3 Å². The molecule has 1 aliphatic heterocycles. The number of carboxylic acids is 1. The Morgan fingerprint density at radius 3 is 2.78 bits per heavy atom. The molecule has 3 rings (SSSR count). The minimum absolute atomic E-state index is 0.00153. The topological polar surface area (TPSA) is 83.6 Å². The summed E-state index contributed by atoms with van der Waals surface area (Å²) in [5.74, 6) is -0.504. The summed E-state index contributed by atoms with van der Waals surface area (Å²) in [6.07, 6.45) is 1.41. The standard InChI is InChI=1S/C21H26N2O4/c1-14(2)19(24)23-9-5-8-21(13-23,20(25)26)12-17-11-18(22-27-17)16-7-4-6-15(3)10-16/h4,6-7,10-11,14H,5,8-9,12-13H2,1-3H3,(H,25,26)/t21-/m1/s1. The van der Waals surface area contributed by atoms with Crippen molar-refractivity contribution in [1.29, 1.82) is 0 Å². The molecule has 6 heteroatoms. The van der Waals surface area contributed by atoms with Crippen LogP contribution < -0.4 is 0 Å². The molecule has 2 heterocycles. The number of piperidine rings is 1. The predicted octanol–water partition coefficient (Wildman–Crippen LogP) is 3.54. The number of benzene rings is 1. The van der Waals surface area contributed by atoms with Crippen LogP contribution in [-0.2, 0) is 16.0 Å². The Morgan fingerprint density at radius 2 is 2.11 bits per heavy atom. The highest BCUT2D eigenvalue weighted by molar-refractivity contribution is 5.81. The van der Waals surface area contributed by atoms with Gasteiger partial charge in [0.2, 0.25) is 5.91 Å². The van der Waals surface area contributed by atoms with Gasteiger partial charge in [0, 0.05) is 37.1 Å². The fraction of sp³-hybridized carbons (Fsp3) is 0.476. The SMILES string of the molecule is Cc1cccc(-c2cc(C[C@]3(C(=O)O)CCCN(C(=O)C(C)C)C3)on2)c1. The highest BCUT2D eigenvalue weighted by atomic mass is 16.5. The second kappa shape index (κ2) is 7.55. The molecule has 6 nitrogen and oxygen atoms in total. The highest BCUT2D eigenvalue weighted by Crippen LogP contribution is 2.35. The van der Waals surface area contributed by atoms with E-state index in [4.69, 9.17) is 4.52 Å². The van der Waals surface area contributed by atoms with Gasteiger partial charge in [-0.15, -0.1) is 0 Å². The Bertz CT molecular complexity index is 842. The number of hydrogen-bond acceptors (Lipinski definition) is 4. The molecule has 144 valence electrons. The van der Waals surface area contributed by atoms with Crippen LogP contribution in [0.2, 0.25) is 0 Å². The van der Waals surface area contributed by atoms with E-state index in [9.17, 15) is 14.7 Å². The van der Waals surface area contributed by atoms with Crippen LogP contribution >= 0.6 is 0 Å². The second-order valence-corrected chi connectivity index (χ2v) is 7.83. The van der Waals surface area contributed by atoms with Crippen molar-refractivity contribution >= 4 is 11.9 Å². The van der Waals surface area contributed by atoms with Crippen LogP contribution in [0.4, 0.5) is 0 Å². The lowest BCUT2D eigenvalue weighted by Gasteiger charge is -2.40. The van der Waals surface area contributed by atoms with Crippen LogP contribution in [0.5, 0.6) is 0 Å². The van der Waals surface area contributed by atoms with E-state index >= 15 is 0 Å². The van der Waals surface area contributed by atoms with E-state index in [0.29, 0.717) is 30.8 Å². The van der Waals surface area contributed by atoms with E-state index in [1.54, 1.807) is 4.90 Å². The molecule has 1 saturated heterocycles. The van der Waals surface area contributed by atoms with E-state index in [0.717, 1.165) is 11.1 Å². The molecule has 1 aromatic heterocycles. The Balaban J connectivity index is 1.83. The summed E-state index contributed by atoms with van der Waals surface area (Å²) in [5, 5.41) is 14.1. The average molecular weight is 370 g/mol. The van der Waals surface area contributed by atoms with Crippen LogP contribution in [0, 0.1) is 18.3 Å². The summed E-state index contributed by atoms with van der Waals surface area (Å²) in [7, 11) is 0. The van der Waals surface area contributed by atoms with Gasteiger partial charge in [-0.25, -0.2) is 0 Å². The monoisotopic (exact) mass is 370 g/mol. The number of rotatable bonds is 5. The van der Waals surface area contributed by atoms with E-state index in [-0.39, 0.29) is 24.8 Å². The molecule has 0 spiro atoms. The molecule has 27 heavy (non-hydrogen) atoms. The van der Waals surface area contributed by atoms with Crippen molar-refractivity contribution in [1.82, 2.24) is 10.1 Å². The number of aliphatic carboxylic acids is 1. The third-order valence-electron chi connectivity index (χ3n) is 5.22. The molecule has 0 aliphatic carbocycles. The number of likely N-dealkylation sites (tertiary alicyclic amines) is 1. The third kappa shape index (κ3) is 4.04. The molecular weight excluding hydrogens is 344 g/mol. The number of amides is 1. The summed E-state index contributed by atoms with van der Waals surface area (Å²) >= 11 is 0. The van der Waals surface area contributed by atoms with E-state index in [2.05, 4.69) is 5.16 Å². The molecule has 0 saturated carbocycles. The maximum Gasteiger partial charge on any atom is 0.311 e. The van der Waals surface area contributed by atoms with Crippen molar-refractivity contribution < 1.29 is 19.2 Å². The lowest BCUT2D eigenvalue weighted by molar-refractivity contribution is -0.156. The molecule has 0 unspecified atom stereocenters. The van der Waals surface area contributed by atoms with Crippen LogP contribution in [0.3, 0.4) is 0 Å². The van der Waals surface area contributed by atoms with Crippen molar-refractivity contribution in [2.24, 2.45) is 11.3 Å². The molecular formula is C21H26N2O4. The number of nitrogens with zero attached hydrogens (tertiary/aromatic N) is 2. The molecule has 0 radical (unpaired) electrons. The number of aryl methyl sites for hydroxylation is 1.